The predicted octanol–water partition coefficient (Wildman–Crippen LogP) is 2.81. The van der Waals surface area contributed by atoms with Crippen molar-refractivity contribution < 1.29 is 30.5 Å². The van der Waals surface area contributed by atoms with Crippen LogP contribution in [0.5, 0.6) is 0 Å². The predicted molar refractivity (Wildman–Crippen MR) is 113 cm³/mol. The summed E-state index contributed by atoms with van der Waals surface area (Å²) >= 11 is 2.82. The number of anilines is 1. The van der Waals surface area contributed by atoms with Crippen LogP contribution in [-0.4, -0.2) is 30.5 Å². The third kappa shape index (κ3) is 4.17. The van der Waals surface area contributed by atoms with Crippen molar-refractivity contribution in [1.29, 1.82) is 0 Å². The molecule has 0 unspecified atom stereocenters. The SMILES string of the molecule is O=S(=O)(O)C(C[n+]1c(C=C2Nc3ccccc3S2)sc2ccccc21)S(=O)(=O)O. The molecule has 0 atom stereocenters. The van der Waals surface area contributed by atoms with E-state index in [9.17, 15) is 25.9 Å². The van der Waals surface area contributed by atoms with E-state index < -0.39 is 31.4 Å². The van der Waals surface area contributed by atoms with Gasteiger partial charge in [0.05, 0.1) is 16.8 Å². The van der Waals surface area contributed by atoms with Gasteiger partial charge in [0.15, 0.2) is 6.54 Å². The molecule has 12 heteroatoms. The maximum Gasteiger partial charge on any atom is 0.291 e. The van der Waals surface area contributed by atoms with Gasteiger partial charge in [-0.05, 0) is 18.2 Å². The summed E-state index contributed by atoms with van der Waals surface area (Å²) in [6.07, 6.45) is 1.78. The summed E-state index contributed by atoms with van der Waals surface area (Å²) in [5, 5.41) is 4.59. The van der Waals surface area contributed by atoms with Crippen molar-refractivity contribution in [1.82, 2.24) is 0 Å². The molecule has 1 aliphatic heterocycles. The summed E-state index contributed by atoms with van der Waals surface area (Å²) in [5.41, 5.74) is 1.52. The van der Waals surface area contributed by atoms with Crippen molar-refractivity contribution in [2.24, 2.45) is 0 Å². The zero-order chi connectivity index (χ0) is 20.8. The van der Waals surface area contributed by atoms with Gasteiger partial charge in [0.1, 0.15) is 4.70 Å². The molecule has 1 aliphatic rings. The van der Waals surface area contributed by atoms with Gasteiger partial charge >= 0.3 is 0 Å². The zero-order valence-electron chi connectivity index (χ0n) is 14.6. The first-order chi connectivity index (χ1) is 13.6. The number of hydrogen-bond donors (Lipinski definition) is 3. The molecule has 0 radical (unpaired) electrons. The second kappa shape index (κ2) is 7.38. The number of hydrogen-bond acceptors (Lipinski definition) is 7. The van der Waals surface area contributed by atoms with Gasteiger partial charge in [0.2, 0.25) is 5.52 Å². The van der Waals surface area contributed by atoms with Crippen LogP contribution < -0.4 is 9.88 Å². The second-order valence-electron chi connectivity index (χ2n) is 6.21. The molecule has 2 aromatic carbocycles. The Morgan fingerprint density at radius 1 is 1.00 bits per heavy atom. The fourth-order valence-corrected chi connectivity index (χ4v) is 6.99. The third-order valence-electron chi connectivity index (χ3n) is 4.25. The minimum Gasteiger partial charge on any atom is -0.349 e. The van der Waals surface area contributed by atoms with E-state index in [1.54, 1.807) is 18.2 Å². The Bertz CT molecular complexity index is 1290. The van der Waals surface area contributed by atoms with Crippen LogP contribution in [0.1, 0.15) is 5.01 Å². The van der Waals surface area contributed by atoms with Crippen LogP contribution >= 0.6 is 23.1 Å². The first kappa shape index (κ1) is 20.3. The first-order valence-electron chi connectivity index (χ1n) is 8.22. The Kier molecular flexibility index (Phi) is 5.17. The van der Waals surface area contributed by atoms with E-state index in [-0.39, 0.29) is 0 Å². The molecule has 2 heterocycles. The van der Waals surface area contributed by atoms with Gasteiger partial charge in [-0.3, -0.25) is 9.11 Å². The quantitative estimate of drug-likeness (QED) is 0.383. The summed E-state index contributed by atoms with van der Waals surface area (Å²) in [4.78, 5) is 1.03. The van der Waals surface area contributed by atoms with Crippen molar-refractivity contribution in [3.05, 3.63) is 58.6 Å². The van der Waals surface area contributed by atoms with Gasteiger partial charge in [-0.2, -0.15) is 21.4 Å². The van der Waals surface area contributed by atoms with Gasteiger partial charge in [0.25, 0.3) is 29.8 Å². The van der Waals surface area contributed by atoms with Crippen LogP contribution in [0.2, 0.25) is 0 Å². The second-order valence-corrected chi connectivity index (χ2v) is 11.9. The van der Waals surface area contributed by atoms with E-state index in [1.807, 2.05) is 36.4 Å². The highest BCUT2D eigenvalue weighted by Gasteiger charge is 2.41. The van der Waals surface area contributed by atoms with Gasteiger partial charge in [-0.1, -0.05) is 47.4 Å². The van der Waals surface area contributed by atoms with E-state index >= 15 is 0 Å². The minimum absolute atomic E-state index is 0.561. The standard InChI is InChI=1S/C17H14N2O6S4/c20-28(21,22)17(29(23,24)25)10-19-12-6-2-4-8-14(12)27-16(19)9-15-18-11-5-1-3-7-13(11)26-15/h1-9,17H,10H2,(H2,20,21,22,23,24,25)/p+1. The fraction of sp³-hybridized carbons (Fsp3) is 0.118. The van der Waals surface area contributed by atoms with E-state index in [0.29, 0.717) is 10.5 Å². The molecule has 0 amide bonds. The molecule has 0 bridgehead atoms. The maximum atomic E-state index is 11.6. The Balaban J connectivity index is 1.81. The Morgan fingerprint density at radius 2 is 1.66 bits per heavy atom. The zero-order valence-corrected chi connectivity index (χ0v) is 17.9. The van der Waals surface area contributed by atoms with Gasteiger partial charge in [-0.15, -0.1) is 0 Å². The molecule has 0 spiro atoms. The average Bonchev–Trinajstić information content (AvgIpc) is 3.18. The molecule has 4 rings (SSSR count). The molecule has 8 nitrogen and oxygen atoms in total. The first-order valence-corrected chi connectivity index (χ1v) is 12.9. The van der Waals surface area contributed by atoms with Gasteiger partial charge in [0, 0.05) is 11.0 Å². The average molecular weight is 472 g/mol. The highest BCUT2D eigenvalue weighted by Crippen LogP contribution is 2.41. The smallest absolute Gasteiger partial charge is 0.291 e. The van der Waals surface area contributed by atoms with Crippen molar-refractivity contribution >= 4 is 65.3 Å². The van der Waals surface area contributed by atoms with Crippen LogP contribution in [-0.2, 0) is 26.8 Å². The molecule has 1 aromatic heterocycles. The summed E-state index contributed by atoms with van der Waals surface area (Å²) < 4.78 is 65.1. The molecule has 29 heavy (non-hydrogen) atoms. The van der Waals surface area contributed by atoms with E-state index in [1.165, 1.54) is 27.7 Å². The van der Waals surface area contributed by atoms with Gasteiger partial charge in [-0.25, -0.2) is 0 Å². The van der Waals surface area contributed by atoms with Crippen molar-refractivity contribution in [3.63, 3.8) is 0 Å². The Labute approximate surface area is 175 Å². The Morgan fingerprint density at radius 3 is 2.34 bits per heavy atom. The molecule has 3 aromatic rings. The largest absolute Gasteiger partial charge is 0.349 e. The fourth-order valence-electron chi connectivity index (χ4n) is 2.95. The monoisotopic (exact) mass is 471 g/mol. The summed E-state index contributed by atoms with van der Waals surface area (Å²) in [6.45, 7) is -0.654. The number of benzene rings is 2. The van der Waals surface area contributed by atoms with Crippen LogP contribution in [0.25, 0.3) is 16.3 Å². The summed E-state index contributed by atoms with van der Waals surface area (Å²) in [7, 11) is -10.1. The van der Waals surface area contributed by atoms with Gasteiger partial charge < -0.3 is 5.32 Å². The Hall–Kier alpha value is -1.96. The topological polar surface area (TPSA) is 125 Å². The van der Waals surface area contributed by atoms with Crippen LogP contribution in [0.4, 0.5) is 5.69 Å². The molecular formula is C17H15N2O6S4+. The normalized spacial score (nSPS) is 15.8. The number of para-hydroxylation sites is 2. The third-order valence-corrected chi connectivity index (χ3v) is 9.47. The molecular weight excluding hydrogens is 456 g/mol. The number of thioether (sulfide) groups is 1. The van der Waals surface area contributed by atoms with E-state index in [4.69, 9.17) is 0 Å². The lowest BCUT2D eigenvalue weighted by molar-refractivity contribution is -0.665. The highest BCUT2D eigenvalue weighted by molar-refractivity contribution is 8.04. The molecule has 0 saturated carbocycles. The summed E-state index contributed by atoms with van der Waals surface area (Å²) in [6, 6.07) is 14.8. The van der Waals surface area contributed by atoms with Crippen molar-refractivity contribution in [2.75, 3.05) is 5.32 Å². The maximum absolute atomic E-state index is 11.6. The van der Waals surface area contributed by atoms with Crippen molar-refractivity contribution in [3.8, 4) is 0 Å². The molecule has 0 aliphatic carbocycles. The van der Waals surface area contributed by atoms with Crippen LogP contribution in [0.3, 0.4) is 0 Å². The lowest BCUT2D eigenvalue weighted by Crippen LogP contribution is -2.47. The lowest BCUT2D eigenvalue weighted by Gasteiger charge is -2.07. The molecule has 3 N–H and O–H groups in total. The number of aromatic nitrogens is 1. The minimum atomic E-state index is -5.05. The number of thiazole rings is 1. The van der Waals surface area contributed by atoms with Crippen molar-refractivity contribution in [2.45, 2.75) is 16.0 Å². The molecule has 152 valence electrons. The van der Waals surface area contributed by atoms with Crippen LogP contribution in [0, 0.1) is 0 Å². The molecule has 0 saturated heterocycles. The summed E-state index contributed by atoms with van der Waals surface area (Å²) in [5.74, 6) is 0. The molecule has 0 fully saturated rings. The lowest BCUT2D eigenvalue weighted by atomic mass is 10.3. The number of nitrogens with one attached hydrogen (secondary N) is 1. The van der Waals surface area contributed by atoms with E-state index in [2.05, 4.69) is 5.32 Å². The number of fused-ring (bicyclic) bond motifs is 2. The number of rotatable bonds is 5. The highest BCUT2D eigenvalue weighted by atomic mass is 32.3. The van der Waals surface area contributed by atoms with Crippen LogP contribution in [0.15, 0.2) is 58.5 Å². The van der Waals surface area contributed by atoms with E-state index in [0.717, 1.165) is 20.3 Å². The number of nitrogens with zero attached hydrogens (tertiary/aromatic N) is 1.